The Hall–Kier alpha value is -0.290. The molecule has 100 valence electrons. The van der Waals surface area contributed by atoms with Crippen LogP contribution in [0.2, 0.25) is 0 Å². The van der Waals surface area contributed by atoms with Gasteiger partial charge in [0, 0.05) is 23.3 Å². The Bertz CT molecular complexity index is 411. The minimum absolute atomic E-state index is 0.0255. The standard InChI is InChI=1S/C13H20BrN3S/c1-13(2,3)12-16-10(14)7-11(17-12)15-8-9-5-4-6-18-9/h7,9H,4-6,8H2,1-3H3,(H,15,16,17). The van der Waals surface area contributed by atoms with E-state index in [4.69, 9.17) is 0 Å². The molecule has 0 radical (unpaired) electrons. The third kappa shape index (κ3) is 3.85. The van der Waals surface area contributed by atoms with E-state index >= 15 is 0 Å². The molecular formula is C13H20BrN3S. The van der Waals surface area contributed by atoms with Crippen LogP contribution in [-0.2, 0) is 5.41 Å². The Morgan fingerprint density at radius 1 is 1.44 bits per heavy atom. The summed E-state index contributed by atoms with van der Waals surface area (Å²) >= 11 is 5.52. The van der Waals surface area contributed by atoms with E-state index in [9.17, 15) is 0 Å². The summed E-state index contributed by atoms with van der Waals surface area (Å²) in [7, 11) is 0. The van der Waals surface area contributed by atoms with Gasteiger partial charge in [-0.15, -0.1) is 0 Å². The lowest BCUT2D eigenvalue weighted by Crippen LogP contribution is -2.19. The zero-order chi connectivity index (χ0) is 13.2. The third-order valence-electron chi connectivity index (χ3n) is 2.90. The van der Waals surface area contributed by atoms with Crippen LogP contribution in [0.25, 0.3) is 0 Å². The fourth-order valence-corrected chi connectivity index (χ4v) is 3.45. The maximum Gasteiger partial charge on any atom is 0.137 e. The van der Waals surface area contributed by atoms with Gasteiger partial charge in [0.1, 0.15) is 16.2 Å². The van der Waals surface area contributed by atoms with E-state index in [-0.39, 0.29) is 5.41 Å². The normalized spacial score (nSPS) is 20.1. The van der Waals surface area contributed by atoms with Gasteiger partial charge in [-0.3, -0.25) is 0 Å². The molecule has 18 heavy (non-hydrogen) atoms. The molecule has 1 aromatic rings. The third-order valence-corrected chi connectivity index (χ3v) is 4.70. The lowest BCUT2D eigenvalue weighted by molar-refractivity contribution is 0.544. The molecule has 1 unspecified atom stereocenters. The first-order valence-corrected chi connectivity index (χ1v) is 8.20. The highest BCUT2D eigenvalue weighted by Crippen LogP contribution is 2.27. The van der Waals surface area contributed by atoms with Gasteiger partial charge in [0.2, 0.25) is 0 Å². The van der Waals surface area contributed by atoms with Gasteiger partial charge in [-0.25, -0.2) is 9.97 Å². The summed E-state index contributed by atoms with van der Waals surface area (Å²) in [6.45, 7) is 7.39. The highest BCUT2D eigenvalue weighted by molar-refractivity contribution is 9.10. The molecule has 1 aromatic heterocycles. The van der Waals surface area contributed by atoms with Crippen LogP contribution in [0.1, 0.15) is 39.4 Å². The SMILES string of the molecule is CC(C)(C)c1nc(Br)cc(NCC2CCCS2)n1. The average molecular weight is 330 g/mol. The predicted octanol–water partition coefficient (Wildman–Crippen LogP) is 3.84. The van der Waals surface area contributed by atoms with Crippen molar-refractivity contribution in [2.75, 3.05) is 17.6 Å². The summed E-state index contributed by atoms with van der Waals surface area (Å²) in [6, 6.07) is 1.95. The molecule has 0 spiro atoms. The summed E-state index contributed by atoms with van der Waals surface area (Å²) in [5.41, 5.74) is -0.0255. The van der Waals surface area contributed by atoms with E-state index in [1.54, 1.807) is 0 Å². The summed E-state index contributed by atoms with van der Waals surface area (Å²) in [4.78, 5) is 9.05. The van der Waals surface area contributed by atoms with Gasteiger partial charge >= 0.3 is 0 Å². The lowest BCUT2D eigenvalue weighted by atomic mass is 9.96. The molecule has 0 amide bonds. The van der Waals surface area contributed by atoms with Gasteiger partial charge in [0.05, 0.1) is 0 Å². The summed E-state index contributed by atoms with van der Waals surface area (Å²) in [6.07, 6.45) is 2.66. The van der Waals surface area contributed by atoms with Crippen molar-refractivity contribution in [3.05, 3.63) is 16.5 Å². The fourth-order valence-electron chi connectivity index (χ4n) is 1.87. The first-order valence-electron chi connectivity index (χ1n) is 6.36. The van der Waals surface area contributed by atoms with Gasteiger partial charge in [0.25, 0.3) is 0 Å². The molecule has 1 saturated heterocycles. The van der Waals surface area contributed by atoms with Crippen LogP contribution in [0.4, 0.5) is 5.82 Å². The van der Waals surface area contributed by atoms with Crippen molar-refractivity contribution in [1.29, 1.82) is 0 Å². The van der Waals surface area contributed by atoms with E-state index in [2.05, 4.69) is 63.7 Å². The number of aromatic nitrogens is 2. The highest BCUT2D eigenvalue weighted by atomic mass is 79.9. The Morgan fingerprint density at radius 3 is 2.83 bits per heavy atom. The van der Waals surface area contributed by atoms with E-state index in [0.717, 1.165) is 28.0 Å². The van der Waals surface area contributed by atoms with Crippen molar-refractivity contribution < 1.29 is 0 Å². The van der Waals surface area contributed by atoms with Crippen molar-refractivity contribution in [3.63, 3.8) is 0 Å². The topological polar surface area (TPSA) is 37.8 Å². The molecular weight excluding hydrogens is 310 g/mol. The minimum atomic E-state index is -0.0255. The maximum absolute atomic E-state index is 4.60. The maximum atomic E-state index is 4.60. The van der Waals surface area contributed by atoms with Crippen LogP contribution < -0.4 is 5.32 Å². The van der Waals surface area contributed by atoms with Crippen LogP contribution >= 0.6 is 27.7 Å². The molecule has 1 aliphatic heterocycles. The molecule has 1 fully saturated rings. The van der Waals surface area contributed by atoms with Crippen molar-refractivity contribution in [2.45, 2.75) is 44.3 Å². The Morgan fingerprint density at radius 2 is 2.22 bits per heavy atom. The molecule has 0 saturated carbocycles. The van der Waals surface area contributed by atoms with Gasteiger partial charge in [-0.2, -0.15) is 11.8 Å². The second kappa shape index (κ2) is 5.78. The zero-order valence-electron chi connectivity index (χ0n) is 11.2. The van der Waals surface area contributed by atoms with Crippen LogP contribution in [0.3, 0.4) is 0 Å². The van der Waals surface area contributed by atoms with E-state index in [1.165, 1.54) is 18.6 Å². The highest BCUT2D eigenvalue weighted by Gasteiger charge is 2.19. The van der Waals surface area contributed by atoms with Crippen LogP contribution in [0.5, 0.6) is 0 Å². The summed E-state index contributed by atoms with van der Waals surface area (Å²) in [5.74, 6) is 3.10. The second-order valence-electron chi connectivity index (χ2n) is 5.67. The molecule has 1 N–H and O–H groups in total. The van der Waals surface area contributed by atoms with Gasteiger partial charge in [-0.05, 0) is 34.5 Å². The van der Waals surface area contributed by atoms with E-state index in [1.807, 2.05) is 6.07 Å². The number of hydrogen-bond donors (Lipinski definition) is 1. The van der Waals surface area contributed by atoms with Crippen molar-refractivity contribution in [2.24, 2.45) is 0 Å². The summed E-state index contributed by atoms with van der Waals surface area (Å²) < 4.78 is 0.851. The molecule has 1 atom stereocenters. The number of nitrogens with zero attached hydrogens (tertiary/aromatic N) is 2. The van der Waals surface area contributed by atoms with Crippen molar-refractivity contribution in [3.8, 4) is 0 Å². The molecule has 0 aliphatic carbocycles. The van der Waals surface area contributed by atoms with Crippen molar-refractivity contribution >= 4 is 33.5 Å². The predicted molar refractivity (Wildman–Crippen MR) is 82.4 cm³/mol. The number of hydrogen-bond acceptors (Lipinski definition) is 4. The monoisotopic (exact) mass is 329 g/mol. The van der Waals surface area contributed by atoms with Crippen LogP contribution in [-0.4, -0.2) is 27.5 Å². The first-order chi connectivity index (χ1) is 8.45. The van der Waals surface area contributed by atoms with Crippen molar-refractivity contribution in [1.82, 2.24) is 9.97 Å². The number of halogens is 1. The lowest BCUT2D eigenvalue weighted by Gasteiger charge is -2.18. The van der Waals surface area contributed by atoms with Gasteiger partial charge in [-0.1, -0.05) is 20.8 Å². The zero-order valence-corrected chi connectivity index (χ0v) is 13.6. The molecule has 5 heteroatoms. The minimum Gasteiger partial charge on any atom is -0.369 e. The molecule has 2 rings (SSSR count). The molecule has 0 bridgehead atoms. The van der Waals surface area contributed by atoms with Gasteiger partial charge in [0.15, 0.2) is 0 Å². The summed E-state index contributed by atoms with van der Waals surface area (Å²) in [5, 5.41) is 4.17. The average Bonchev–Trinajstić information content (AvgIpc) is 2.77. The van der Waals surface area contributed by atoms with E-state index in [0.29, 0.717) is 0 Å². The van der Waals surface area contributed by atoms with Crippen LogP contribution in [0.15, 0.2) is 10.7 Å². The Balaban J connectivity index is 2.05. The largest absolute Gasteiger partial charge is 0.369 e. The Labute approximate surface area is 122 Å². The fraction of sp³-hybridized carbons (Fsp3) is 0.692. The number of thioether (sulfide) groups is 1. The smallest absolute Gasteiger partial charge is 0.137 e. The number of anilines is 1. The molecule has 0 aromatic carbocycles. The number of nitrogens with one attached hydrogen (secondary N) is 1. The molecule has 3 nitrogen and oxygen atoms in total. The Kier molecular flexibility index (Phi) is 4.54. The number of rotatable bonds is 3. The van der Waals surface area contributed by atoms with Gasteiger partial charge < -0.3 is 5.32 Å². The van der Waals surface area contributed by atoms with Crippen LogP contribution in [0, 0.1) is 0 Å². The quantitative estimate of drug-likeness (QED) is 0.855. The first kappa shape index (κ1) is 14.1. The second-order valence-corrected chi connectivity index (χ2v) is 7.89. The van der Waals surface area contributed by atoms with E-state index < -0.39 is 0 Å². The molecule has 1 aliphatic rings. The molecule has 2 heterocycles.